The van der Waals surface area contributed by atoms with Crippen LogP contribution in [-0.4, -0.2) is 19.6 Å². The predicted molar refractivity (Wildman–Crippen MR) is 134 cm³/mol. The summed E-state index contributed by atoms with van der Waals surface area (Å²) >= 11 is 13.4. The van der Waals surface area contributed by atoms with Crippen LogP contribution in [0.1, 0.15) is 22.4 Å². The lowest BCUT2D eigenvalue weighted by Crippen LogP contribution is -2.31. The summed E-state index contributed by atoms with van der Waals surface area (Å²) in [5.41, 5.74) is 1.87. The summed E-state index contributed by atoms with van der Waals surface area (Å²) in [6.07, 6.45) is 3.14. The zero-order chi connectivity index (χ0) is 24.9. The summed E-state index contributed by atoms with van der Waals surface area (Å²) in [6, 6.07) is 15.1. The van der Waals surface area contributed by atoms with Crippen LogP contribution in [0.25, 0.3) is 22.0 Å². The zero-order valence-corrected chi connectivity index (χ0v) is 20.2. The molecule has 0 aliphatic rings. The van der Waals surface area contributed by atoms with Crippen molar-refractivity contribution >= 4 is 34.1 Å². The SMILES string of the molecule is Cc1cc(C(O)(c2ccc(F)cc2)c2cncn2C)cc2c(Cl)c(-c3cccc(F)c3)c(Cl)nc12. The Morgan fingerprint density at radius 3 is 2.34 bits per heavy atom. The van der Waals surface area contributed by atoms with Gasteiger partial charge in [0.1, 0.15) is 16.8 Å². The van der Waals surface area contributed by atoms with E-state index in [-0.39, 0.29) is 10.2 Å². The number of imidazole rings is 1. The molecular formula is C27H19Cl2F2N3O. The molecule has 1 atom stereocenters. The maximum absolute atomic E-state index is 14.0. The van der Waals surface area contributed by atoms with E-state index in [9.17, 15) is 13.9 Å². The van der Waals surface area contributed by atoms with E-state index >= 15 is 0 Å². The van der Waals surface area contributed by atoms with Crippen LogP contribution in [-0.2, 0) is 12.6 Å². The third kappa shape index (κ3) is 3.88. The number of fused-ring (bicyclic) bond motifs is 1. The van der Waals surface area contributed by atoms with Gasteiger partial charge >= 0.3 is 0 Å². The minimum Gasteiger partial charge on any atom is -0.374 e. The van der Waals surface area contributed by atoms with E-state index in [1.54, 1.807) is 48.4 Å². The van der Waals surface area contributed by atoms with Crippen LogP contribution in [0.2, 0.25) is 10.2 Å². The van der Waals surface area contributed by atoms with Crippen LogP contribution in [0.3, 0.4) is 0 Å². The largest absolute Gasteiger partial charge is 0.374 e. The fourth-order valence-corrected chi connectivity index (χ4v) is 5.11. The van der Waals surface area contributed by atoms with Crippen LogP contribution >= 0.6 is 23.2 Å². The first-order valence-electron chi connectivity index (χ1n) is 10.7. The molecule has 0 bridgehead atoms. The average Bonchev–Trinajstić information content (AvgIpc) is 3.26. The lowest BCUT2D eigenvalue weighted by molar-refractivity contribution is 0.117. The molecule has 176 valence electrons. The Hall–Kier alpha value is -3.32. The lowest BCUT2D eigenvalue weighted by Gasteiger charge is -2.30. The maximum atomic E-state index is 14.0. The molecule has 0 radical (unpaired) electrons. The minimum absolute atomic E-state index is 0.143. The van der Waals surface area contributed by atoms with Crippen molar-refractivity contribution in [2.24, 2.45) is 7.05 Å². The maximum Gasteiger partial charge on any atom is 0.156 e. The Kier molecular flexibility index (Phi) is 5.83. The molecule has 2 heterocycles. The van der Waals surface area contributed by atoms with Crippen molar-refractivity contribution < 1.29 is 13.9 Å². The van der Waals surface area contributed by atoms with Crippen molar-refractivity contribution in [3.05, 3.63) is 117 Å². The molecule has 0 saturated carbocycles. The number of rotatable bonds is 4. The third-order valence-electron chi connectivity index (χ3n) is 6.15. The highest BCUT2D eigenvalue weighted by Crippen LogP contribution is 2.43. The Balaban J connectivity index is 1.82. The van der Waals surface area contributed by atoms with E-state index in [1.807, 2.05) is 6.92 Å². The van der Waals surface area contributed by atoms with Crippen molar-refractivity contribution in [2.75, 3.05) is 0 Å². The van der Waals surface area contributed by atoms with Gasteiger partial charge in [0, 0.05) is 18.0 Å². The number of hydrogen-bond donors (Lipinski definition) is 1. The molecule has 0 spiro atoms. The number of aromatic nitrogens is 3. The molecular weight excluding hydrogens is 491 g/mol. The fourth-order valence-electron chi connectivity index (χ4n) is 4.43. The summed E-state index contributed by atoms with van der Waals surface area (Å²) in [6.45, 7) is 1.83. The minimum atomic E-state index is -1.68. The fraction of sp³-hybridized carbons (Fsp3) is 0.111. The van der Waals surface area contributed by atoms with Crippen LogP contribution in [0.4, 0.5) is 8.78 Å². The van der Waals surface area contributed by atoms with Gasteiger partial charge in [-0.25, -0.2) is 18.7 Å². The van der Waals surface area contributed by atoms with Crippen LogP contribution < -0.4 is 0 Å². The quantitative estimate of drug-likeness (QED) is 0.270. The van der Waals surface area contributed by atoms with Crippen LogP contribution in [0.5, 0.6) is 0 Å². The van der Waals surface area contributed by atoms with Gasteiger partial charge in [-0.05, 0) is 59.5 Å². The van der Waals surface area contributed by atoms with E-state index in [0.717, 1.165) is 5.56 Å². The van der Waals surface area contributed by atoms with E-state index in [1.165, 1.54) is 36.4 Å². The monoisotopic (exact) mass is 509 g/mol. The van der Waals surface area contributed by atoms with Gasteiger partial charge in [0.25, 0.3) is 0 Å². The van der Waals surface area contributed by atoms with Crippen molar-refractivity contribution in [2.45, 2.75) is 12.5 Å². The highest BCUT2D eigenvalue weighted by Gasteiger charge is 2.37. The summed E-state index contributed by atoms with van der Waals surface area (Å²) in [7, 11) is 1.76. The smallest absolute Gasteiger partial charge is 0.156 e. The van der Waals surface area contributed by atoms with Crippen molar-refractivity contribution in [3.8, 4) is 11.1 Å². The summed E-state index contributed by atoms with van der Waals surface area (Å²) in [5.74, 6) is -0.848. The van der Waals surface area contributed by atoms with Crippen molar-refractivity contribution in [1.29, 1.82) is 0 Å². The van der Waals surface area contributed by atoms with Gasteiger partial charge in [0.2, 0.25) is 0 Å². The molecule has 1 N–H and O–H groups in total. The van der Waals surface area contributed by atoms with Gasteiger partial charge in [-0.3, -0.25) is 0 Å². The second-order valence-corrected chi connectivity index (χ2v) is 9.13. The van der Waals surface area contributed by atoms with Gasteiger partial charge < -0.3 is 9.67 Å². The molecule has 0 aliphatic heterocycles. The molecule has 5 rings (SSSR count). The lowest BCUT2D eigenvalue weighted by atomic mass is 9.82. The Bertz CT molecular complexity index is 1580. The molecule has 5 aromatic rings. The molecule has 0 amide bonds. The van der Waals surface area contributed by atoms with Crippen molar-refractivity contribution in [1.82, 2.24) is 14.5 Å². The summed E-state index contributed by atoms with van der Waals surface area (Å²) in [4.78, 5) is 8.71. The van der Waals surface area contributed by atoms with E-state index in [4.69, 9.17) is 23.2 Å². The molecule has 1 unspecified atom stereocenters. The predicted octanol–water partition coefficient (Wildman–Crippen LogP) is 6.81. The van der Waals surface area contributed by atoms with E-state index < -0.39 is 17.2 Å². The zero-order valence-electron chi connectivity index (χ0n) is 18.7. The van der Waals surface area contributed by atoms with Gasteiger partial charge in [-0.15, -0.1) is 0 Å². The number of benzene rings is 3. The van der Waals surface area contributed by atoms with Crippen molar-refractivity contribution in [3.63, 3.8) is 0 Å². The molecule has 8 heteroatoms. The Morgan fingerprint density at radius 1 is 0.943 bits per heavy atom. The number of aliphatic hydroxyl groups is 1. The Labute approximate surface area is 210 Å². The molecule has 35 heavy (non-hydrogen) atoms. The highest BCUT2D eigenvalue weighted by atomic mass is 35.5. The number of halogens is 4. The second-order valence-electron chi connectivity index (χ2n) is 8.40. The number of nitrogens with zero attached hydrogens (tertiary/aromatic N) is 3. The van der Waals surface area contributed by atoms with Gasteiger partial charge in [0.05, 0.1) is 28.8 Å². The standard InChI is InChI=1S/C27H19Cl2F2N3O/c1-15-10-18(27(35,22-13-32-14-34(22)2)17-6-8-19(30)9-7-17)12-21-24(28)23(26(29)33-25(15)21)16-4-3-5-20(31)11-16/h3-14,35H,1-2H3. The molecule has 4 nitrogen and oxygen atoms in total. The number of pyridine rings is 1. The van der Waals surface area contributed by atoms with E-state index in [0.29, 0.717) is 38.9 Å². The van der Waals surface area contributed by atoms with Gasteiger partial charge in [-0.2, -0.15) is 0 Å². The second kappa shape index (κ2) is 8.72. The molecule has 2 aromatic heterocycles. The van der Waals surface area contributed by atoms with Gasteiger partial charge in [0.15, 0.2) is 5.60 Å². The first-order chi connectivity index (χ1) is 16.7. The molecule has 0 aliphatic carbocycles. The highest BCUT2D eigenvalue weighted by molar-refractivity contribution is 6.42. The molecule has 3 aromatic carbocycles. The topological polar surface area (TPSA) is 50.9 Å². The first-order valence-corrected chi connectivity index (χ1v) is 11.5. The van der Waals surface area contributed by atoms with Crippen LogP contribution in [0, 0.1) is 18.6 Å². The third-order valence-corrected chi connectivity index (χ3v) is 6.82. The molecule has 0 fully saturated rings. The first kappa shape index (κ1) is 23.4. The number of aryl methyl sites for hydroxylation is 2. The van der Waals surface area contributed by atoms with E-state index in [2.05, 4.69) is 9.97 Å². The van der Waals surface area contributed by atoms with Crippen LogP contribution in [0.15, 0.2) is 73.2 Å². The average molecular weight is 510 g/mol. The summed E-state index contributed by atoms with van der Waals surface area (Å²) in [5, 5.41) is 13.2. The van der Waals surface area contributed by atoms with Gasteiger partial charge in [-0.1, -0.05) is 53.5 Å². The Morgan fingerprint density at radius 2 is 1.69 bits per heavy atom. The molecule has 0 saturated heterocycles. The normalized spacial score (nSPS) is 13.2. The number of hydrogen-bond acceptors (Lipinski definition) is 3. The summed E-state index contributed by atoms with van der Waals surface area (Å²) < 4.78 is 29.4.